The minimum Gasteiger partial charge on any atom is -0.462 e. The van der Waals surface area contributed by atoms with Crippen LogP contribution in [-0.4, -0.2) is 37.9 Å². The molecule has 0 aliphatic carbocycles. The maximum atomic E-state index is 12.8. The molecule has 1 atom stereocenters. The normalized spacial score (nSPS) is 12.7. The number of hydrogen-bond donors (Lipinski definition) is 0. The van der Waals surface area contributed by atoms with Crippen LogP contribution in [-0.2, 0) is 23.8 Å². The Morgan fingerprint density at radius 1 is 0.348 bits per heavy atom. The molecule has 0 saturated carbocycles. The summed E-state index contributed by atoms with van der Waals surface area (Å²) in [5.41, 5.74) is 0. The minimum absolute atomic E-state index is 0.0670. The van der Waals surface area contributed by atoms with Crippen LogP contribution in [0.3, 0.4) is 0 Å². The van der Waals surface area contributed by atoms with E-state index in [1.807, 2.05) is 0 Å². The van der Waals surface area contributed by atoms with Crippen molar-refractivity contribution in [3.63, 3.8) is 0 Å². The van der Waals surface area contributed by atoms with E-state index in [9.17, 15) is 9.59 Å². The lowest BCUT2D eigenvalue weighted by molar-refractivity contribution is -0.163. The molecule has 0 amide bonds. The van der Waals surface area contributed by atoms with Gasteiger partial charge in [0.1, 0.15) is 6.61 Å². The van der Waals surface area contributed by atoms with Gasteiger partial charge in [-0.3, -0.25) is 9.59 Å². The topological polar surface area (TPSA) is 61.8 Å². The van der Waals surface area contributed by atoms with Gasteiger partial charge in [-0.1, -0.05) is 254 Å². The molecule has 0 aromatic carbocycles. The average Bonchev–Trinajstić information content (AvgIpc) is 3.32. The predicted octanol–water partition coefficient (Wildman–Crippen LogP) is 19.5. The SMILES string of the molecule is CC/C=C\C/C=C\C/C=C\C/C=C\CCCCCCC(=O)OCC(COCCCCCCCCCCCCCCCCCCCCCC)OC(=O)CCCCCCC/C=C\C/C=C\CCC. The molecule has 0 aromatic heterocycles. The van der Waals surface area contributed by atoms with Crippen LogP contribution in [0.1, 0.15) is 278 Å². The summed E-state index contributed by atoms with van der Waals surface area (Å²) in [5.74, 6) is -0.433. The Morgan fingerprint density at radius 3 is 1.15 bits per heavy atom. The smallest absolute Gasteiger partial charge is 0.306 e. The quantitative estimate of drug-likeness (QED) is 0.0346. The zero-order valence-corrected chi connectivity index (χ0v) is 44.0. The van der Waals surface area contributed by atoms with Crippen LogP contribution in [0.25, 0.3) is 0 Å². The van der Waals surface area contributed by atoms with E-state index in [4.69, 9.17) is 14.2 Å². The van der Waals surface area contributed by atoms with Gasteiger partial charge >= 0.3 is 11.9 Å². The van der Waals surface area contributed by atoms with E-state index in [2.05, 4.69) is 93.7 Å². The Balaban J connectivity index is 4.26. The number of carbonyl (C=O) groups excluding carboxylic acids is 2. The van der Waals surface area contributed by atoms with Gasteiger partial charge in [0.05, 0.1) is 6.61 Å². The van der Waals surface area contributed by atoms with Crippen LogP contribution in [0.5, 0.6) is 0 Å². The number of allylic oxidation sites excluding steroid dienone is 12. The van der Waals surface area contributed by atoms with Gasteiger partial charge in [-0.25, -0.2) is 0 Å². The maximum Gasteiger partial charge on any atom is 0.306 e. The molecule has 0 spiro atoms. The number of ether oxygens (including phenoxy) is 3. The first-order valence-electron chi connectivity index (χ1n) is 28.5. The fourth-order valence-electron chi connectivity index (χ4n) is 8.01. The first-order valence-corrected chi connectivity index (χ1v) is 28.5. The number of hydrogen-bond acceptors (Lipinski definition) is 5. The van der Waals surface area contributed by atoms with E-state index >= 15 is 0 Å². The van der Waals surface area contributed by atoms with Gasteiger partial charge < -0.3 is 14.2 Å². The Kier molecular flexibility index (Phi) is 54.4. The summed E-state index contributed by atoms with van der Waals surface area (Å²) in [5, 5.41) is 0. The molecule has 0 aromatic rings. The van der Waals surface area contributed by atoms with E-state index in [0.29, 0.717) is 19.4 Å². The van der Waals surface area contributed by atoms with Gasteiger partial charge in [0, 0.05) is 19.4 Å². The third kappa shape index (κ3) is 54.0. The van der Waals surface area contributed by atoms with Crippen molar-refractivity contribution in [2.45, 2.75) is 284 Å². The van der Waals surface area contributed by atoms with Gasteiger partial charge in [0.15, 0.2) is 6.10 Å². The standard InChI is InChI=1S/C61H108O5/c1-4-7-10-13-16-19-22-25-27-29-30-31-33-35-38-41-44-47-50-53-56-64-57-59(66-61(63)55-52-49-46-43-40-36-24-21-18-15-12-9-6-3)58-65-60(62)54-51-48-45-42-39-37-34-32-28-26-23-20-17-14-11-8-5-2/h8,11-12,15,17,20-21,24,26,28,34,37,59H,4-7,9-10,13-14,16,18-19,22-23,25,27,29-33,35-36,38-58H2,1-3H3/b11-8-,15-12-,20-17-,24-21-,28-26-,37-34-. The molecule has 1 unspecified atom stereocenters. The number of rotatable bonds is 52. The van der Waals surface area contributed by atoms with Gasteiger partial charge in [-0.2, -0.15) is 0 Å². The Labute approximate surface area is 410 Å². The second-order valence-corrected chi connectivity index (χ2v) is 18.8. The van der Waals surface area contributed by atoms with Crippen LogP contribution in [0.15, 0.2) is 72.9 Å². The molecule has 5 nitrogen and oxygen atoms in total. The van der Waals surface area contributed by atoms with Crippen LogP contribution in [0, 0.1) is 0 Å². The third-order valence-electron chi connectivity index (χ3n) is 12.2. The molecule has 0 aliphatic heterocycles. The van der Waals surface area contributed by atoms with Gasteiger partial charge in [0.2, 0.25) is 0 Å². The van der Waals surface area contributed by atoms with E-state index in [1.54, 1.807) is 0 Å². The van der Waals surface area contributed by atoms with Crippen molar-refractivity contribution >= 4 is 11.9 Å². The predicted molar refractivity (Wildman–Crippen MR) is 288 cm³/mol. The molecular weight excluding hydrogens is 813 g/mol. The molecule has 0 heterocycles. The Bertz CT molecular complexity index is 1180. The minimum atomic E-state index is -0.554. The lowest BCUT2D eigenvalue weighted by Gasteiger charge is -2.18. The summed E-state index contributed by atoms with van der Waals surface area (Å²) < 4.78 is 17.4. The Hall–Kier alpha value is -2.66. The highest BCUT2D eigenvalue weighted by Gasteiger charge is 2.17. The molecule has 382 valence electrons. The van der Waals surface area contributed by atoms with Crippen molar-refractivity contribution in [1.82, 2.24) is 0 Å². The van der Waals surface area contributed by atoms with Gasteiger partial charge in [-0.15, -0.1) is 0 Å². The molecule has 0 N–H and O–H groups in total. The average molecular weight is 922 g/mol. The van der Waals surface area contributed by atoms with Crippen molar-refractivity contribution in [3.8, 4) is 0 Å². The summed E-state index contributed by atoms with van der Waals surface area (Å²) in [6, 6.07) is 0. The van der Waals surface area contributed by atoms with Crippen LogP contribution in [0.4, 0.5) is 0 Å². The summed E-state index contributed by atoms with van der Waals surface area (Å²) >= 11 is 0. The van der Waals surface area contributed by atoms with Crippen LogP contribution in [0.2, 0.25) is 0 Å². The van der Waals surface area contributed by atoms with E-state index in [-0.39, 0.29) is 25.2 Å². The number of esters is 2. The lowest BCUT2D eigenvalue weighted by atomic mass is 10.0. The fraction of sp³-hybridized carbons (Fsp3) is 0.770. The van der Waals surface area contributed by atoms with Crippen molar-refractivity contribution < 1.29 is 23.8 Å². The molecular formula is C61H108O5. The van der Waals surface area contributed by atoms with Crippen LogP contribution >= 0.6 is 0 Å². The molecule has 0 saturated heterocycles. The summed E-state index contributed by atoms with van der Waals surface area (Å²) in [6.45, 7) is 7.65. The first kappa shape index (κ1) is 63.3. The van der Waals surface area contributed by atoms with E-state index in [0.717, 1.165) is 109 Å². The first-order chi connectivity index (χ1) is 32.6. The van der Waals surface area contributed by atoms with E-state index < -0.39 is 6.10 Å². The monoisotopic (exact) mass is 921 g/mol. The van der Waals surface area contributed by atoms with Crippen molar-refractivity contribution in [1.29, 1.82) is 0 Å². The largest absolute Gasteiger partial charge is 0.462 e. The highest BCUT2D eigenvalue weighted by Crippen LogP contribution is 2.16. The fourth-order valence-corrected chi connectivity index (χ4v) is 8.01. The van der Waals surface area contributed by atoms with E-state index in [1.165, 1.54) is 135 Å². The molecule has 0 bridgehead atoms. The lowest BCUT2D eigenvalue weighted by Crippen LogP contribution is -2.30. The second-order valence-electron chi connectivity index (χ2n) is 18.8. The second kappa shape index (κ2) is 56.7. The molecule has 0 rings (SSSR count). The number of unbranched alkanes of at least 4 members (excludes halogenated alkanes) is 29. The third-order valence-corrected chi connectivity index (χ3v) is 12.2. The molecule has 0 fully saturated rings. The Morgan fingerprint density at radius 2 is 0.712 bits per heavy atom. The van der Waals surface area contributed by atoms with Crippen molar-refractivity contribution in [2.75, 3.05) is 19.8 Å². The highest BCUT2D eigenvalue weighted by atomic mass is 16.6. The van der Waals surface area contributed by atoms with Gasteiger partial charge in [-0.05, 0) is 83.5 Å². The number of carbonyl (C=O) groups is 2. The van der Waals surface area contributed by atoms with Crippen LogP contribution < -0.4 is 0 Å². The molecule has 5 heteroatoms. The zero-order valence-electron chi connectivity index (χ0n) is 44.0. The summed E-state index contributed by atoms with van der Waals surface area (Å²) in [7, 11) is 0. The molecule has 0 aliphatic rings. The highest BCUT2D eigenvalue weighted by molar-refractivity contribution is 5.70. The van der Waals surface area contributed by atoms with Crippen molar-refractivity contribution in [3.05, 3.63) is 72.9 Å². The molecule has 66 heavy (non-hydrogen) atoms. The van der Waals surface area contributed by atoms with Gasteiger partial charge in [0.25, 0.3) is 0 Å². The van der Waals surface area contributed by atoms with Crippen molar-refractivity contribution in [2.24, 2.45) is 0 Å². The summed E-state index contributed by atoms with van der Waals surface area (Å²) in [6.07, 6.45) is 73.5. The summed E-state index contributed by atoms with van der Waals surface area (Å²) in [4.78, 5) is 25.5. The zero-order chi connectivity index (χ0) is 47.7. The molecule has 0 radical (unpaired) electrons. The maximum absolute atomic E-state index is 12.8.